The van der Waals surface area contributed by atoms with Crippen molar-refractivity contribution in [3.8, 4) is 17.0 Å². The predicted molar refractivity (Wildman–Crippen MR) is 160 cm³/mol. The van der Waals surface area contributed by atoms with Crippen molar-refractivity contribution in [1.82, 2.24) is 4.98 Å². The Labute approximate surface area is 242 Å². The summed E-state index contributed by atoms with van der Waals surface area (Å²) in [6.07, 6.45) is 1.63. The van der Waals surface area contributed by atoms with Crippen molar-refractivity contribution < 1.29 is 26.8 Å². The SMILES string of the molecule is Cc1ccc(S(=O)(=O)OC[C@@H](COc2ccc3nc(-c4ccc(N(C)C)cc4)ccc3c2)O[C@@H]2CCCCO2)cc1. The molecule has 9 heteroatoms. The highest BCUT2D eigenvalue weighted by Crippen LogP contribution is 2.26. The molecule has 2 heterocycles. The van der Waals surface area contributed by atoms with Crippen LogP contribution in [0, 0.1) is 6.92 Å². The maximum atomic E-state index is 12.8. The fourth-order valence-corrected chi connectivity index (χ4v) is 5.51. The van der Waals surface area contributed by atoms with E-state index in [9.17, 15) is 8.42 Å². The molecule has 8 nitrogen and oxygen atoms in total. The lowest BCUT2D eigenvalue weighted by Gasteiger charge is -2.27. The molecule has 0 bridgehead atoms. The summed E-state index contributed by atoms with van der Waals surface area (Å²) in [4.78, 5) is 6.99. The van der Waals surface area contributed by atoms with Crippen LogP contribution < -0.4 is 9.64 Å². The molecule has 5 rings (SSSR count). The third kappa shape index (κ3) is 7.62. The summed E-state index contributed by atoms with van der Waals surface area (Å²) in [6, 6.07) is 24.5. The topological polar surface area (TPSA) is 87.2 Å². The molecule has 1 saturated heterocycles. The van der Waals surface area contributed by atoms with Gasteiger partial charge in [-0.1, -0.05) is 35.9 Å². The van der Waals surface area contributed by atoms with Gasteiger partial charge < -0.3 is 19.1 Å². The van der Waals surface area contributed by atoms with E-state index >= 15 is 0 Å². The van der Waals surface area contributed by atoms with Crippen LogP contribution in [0.15, 0.2) is 83.8 Å². The van der Waals surface area contributed by atoms with E-state index in [1.54, 1.807) is 12.1 Å². The smallest absolute Gasteiger partial charge is 0.297 e. The van der Waals surface area contributed by atoms with Crippen molar-refractivity contribution >= 4 is 26.7 Å². The van der Waals surface area contributed by atoms with Crippen LogP contribution in [0.3, 0.4) is 0 Å². The van der Waals surface area contributed by atoms with Crippen LogP contribution in [-0.2, 0) is 23.8 Å². The number of benzene rings is 3. The number of aryl methyl sites for hydroxylation is 1. The molecule has 0 spiro atoms. The molecule has 0 aliphatic carbocycles. The number of anilines is 1. The average Bonchev–Trinajstić information content (AvgIpc) is 2.99. The van der Waals surface area contributed by atoms with E-state index in [1.807, 2.05) is 51.4 Å². The molecule has 0 unspecified atom stereocenters. The first-order valence-electron chi connectivity index (χ1n) is 13.8. The molecule has 2 atom stereocenters. The van der Waals surface area contributed by atoms with Gasteiger partial charge in [0.1, 0.15) is 18.5 Å². The van der Waals surface area contributed by atoms with Gasteiger partial charge in [0, 0.05) is 37.3 Å². The largest absolute Gasteiger partial charge is 0.491 e. The van der Waals surface area contributed by atoms with Crippen LogP contribution in [-0.4, -0.2) is 59.7 Å². The lowest BCUT2D eigenvalue weighted by atomic mass is 10.1. The summed E-state index contributed by atoms with van der Waals surface area (Å²) < 4.78 is 48.8. The maximum absolute atomic E-state index is 12.8. The first-order chi connectivity index (χ1) is 19.8. The van der Waals surface area contributed by atoms with Gasteiger partial charge in [-0.15, -0.1) is 0 Å². The van der Waals surface area contributed by atoms with Crippen LogP contribution in [0.25, 0.3) is 22.2 Å². The van der Waals surface area contributed by atoms with Crippen molar-refractivity contribution in [1.29, 1.82) is 0 Å². The molecule has 1 aliphatic heterocycles. The zero-order chi connectivity index (χ0) is 28.8. The molecule has 0 amide bonds. The second-order valence-electron chi connectivity index (χ2n) is 10.4. The van der Waals surface area contributed by atoms with Crippen molar-refractivity contribution in [2.24, 2.45) is 0 Å². The first-order valence-corrected chi connectivity index (χ1v) is 15.2. The summed E-state index contributed by atoms with van der Waals surface area (Å²) in [5.41, 5.74) is 4.88. The number of nitrogens with zero attached hydrogens (tertiary/aromatic N) is 2. The van der Waals surface area contributed by atoms with Gasteiger partial charge in [0.25, 0.3) is 10.1 Å². The molecule has 41 heavy (non-hydrogen) atoms. The highest BCUT2D eigenvalue weighted by atomic mass is 32.2. The number of fused-ring (bicyclic) bond motifs is 1. The minimum Gasteiger partial charge on any atom is -0.491 e. The Morgan fingerprint density at radius 2 is 1.73 bits per heavy atom. The average molecular weight is 577 g/mol. The molecular weight excluding hydrogens is 540 g/mol. The third-order valence-electron chi connectivity index (χ3n) is 6.98. The van der Waals surface area contributed by atoms with E-state index in [-0.39, 0.29) is 18.1 Å². The van der Waals surface area contributed by atoms with E-state index in [0.29, 0.717) is 12.4 Å². The van der Waals surface area contributed by atoms with Gasteiger partial charge in [0.15, 0.2) is 6.29 Å². The predicted octanol–water partition coefficient (Wildman–Crippen LogP) is 5.97. The lowest BCUT2D eigenvalue weighted by Crippen LogP contribution is -2.35. The summed E-state index contributed by atoms with van der Waals surface area (Å²) >= 11 is 0. The molecule has 1 aliphatic rings. The Morgan fingerprint density at radius 1 is 0.951 bits per heavy atom. The van der Waals surface area contributed by atoms with Crippen LogP contribution in [0.1, 0.15) is 24.8 Å². The second kappa shape index (κ2) is 13.0. The van der Waals surface area contributed by atoms with Crippen molar-refractivity contribution in [3.63, 3.8) is 0 Å². The fourth-order valence-electron chi connectivity index (χ4n) is 4.57. The van der Waals surface area contributed by atoms with Crippen LogP contribution in [0.4, 0.5) is 5.69 Å². The third-order valence-corrected chi connectivity index (χ3v) is 8.27. The van der Waals surface area contributed by atoms with E-state index < -0.39 is 22.5 Å². The van der Waals surface area contributed by atoms with Crippen molar-refractivity contribution in [2.75, 3.05) is 38.8 Å². The number of pyridine rings is 1. The summed E-state index contributed by atoms with van der Waals surface area (Å²) in [7, 11) is 0.0851. The molecule has 0 saturated carbocycles. The summed E-state index contributed by atoms with van der Waals surface area (Å²) in [5.74, 6) is 0.627. The second-order valence-corrected chi connectivity index (χ2v) is 12.0. The minimum atomic E-state index is -3.95. The van der Waals surface area contributed by atoms with Gasteiger partial charge in [-0.2, -0.15) is 8.42 Å². The van der Waals surface area contributed by atoms with Gasteiger partial charge in [-0.05, 0) is 74.7 Å². The maximum Gasteiger partial charge on any atom is 0.297 e. The molecule has 0 radical (unpaired) electrons. The van der Waals surface area contributed by atoms with Gasteiger partial charge in [0.2, 0.25) is 0 Å². The zero-order valence-corrected chi connectivity index (χ0v) is 24.5. The molecule has 216 valence electrons. The monoisotopic (exact) mass is 576 g/mol. The van der Waals surface area contributed by atoms with Crippen LogP contribution in [0.2, 0.25) is 0 Å². The van der Waals surface area contributed by atoms with Crippen molar-refractivity contribution in [3.05, 3.63) is 84.4 Å². The number of aromatic nitrogens is 1. The minimum absolute atomic E-state index is 0.0958. The summed E-state index contributed by atoms with van der Waals surface area (Å²) in [6.45, 7) is 2.41. The molecule has 3 aromatic carbocycles. The normalized spacial score (nSPS) is 16.4. The molecular formula is C32H36N2O6S. The van der Waals surface area contributed by atoms with E-state index in [4.69, 9.17) is 23.4 Å². The Hall–Kier alpha value is -3.50. The van der Waals surface area contributed by atoms with Crippen LogP contribution >= 0.6 is 0 Å². The standard InChI is InChI=1S/C32H36N2O6S/c1-23-7-15-29(16-8-23)41(35,36)39-22-28(40-32-6-4-5-19-37-32)21-38-27-14-18-31-25(20-27)11-17-30(33-31)24-9-12-26(13-10-24)34(2)3/h7-18,20,28,32H,4-6,19,21-22H2,1-3H3/t28-,32-/m1/s1. The molecule has 1 aromatic heterocycles. The Morgan fingerprint density at radius 3 is 2.44 bits per heavy atom. The van der Waals surface area contributed by atoms with E-state index in [2.05, 4.69) is 29.2 Å². The zero-order valence-electron chi connectivity index (χ0n) is 23.7. The van der Waals surface area contributed by atoms with Gasteiger partial charge in [-0.25, -0.2) is 4.98 Å². The quantitative estimate of drug-likeness (QED) is 0.202. The Bertz CT molecular complexity index is 1550. The van der Waals surface area contributed by atoms with E-state index in [1.165, 1.54) is 12.1 Å². The lowest BCUT2D eigenvalue weighted by molar-refractivity contribution is -0.198. The Balaban J connectivity index is 1.26. The van der Waals surface area contributed by atoms with E-state index in [0.717, 1.165) is 52.7 Å². The highest BCUT2D eigenvalue weighted by molar-refractivity contribution is 7.86. The summed E-state index contributed by atoms with van der Waals surface area (Å²) in [5, 5.41) is 0.933. The molecule has 1 fully saturated rings. The molecule has 0 N–H and O–H groups in total. The van der Waals surface area contributed by atoms with Gasteiger partial charge in [0.05, 0.1) is 22.7 Å². The van der Waals surface area contributed by atoms with Crippen molar-refractivity contribution in [2.45, 2.75) is 43.5 Å². The first kappa shape index (κ1) is 29.0. The molecule has 4 aromatic rings. The number of ether oxygens (including phenoxy) is 3. The number of hydrogen-bond acceptors (Lipinski definition) is 8. The highest BCUT2D eigenvalue weighted by Gasteiger charge is 2.24. The Kier molecular flexibility index (Phi) is 9.19. The van der Waals surface area contributed by atoms with Gasteiger partial charge in [-0.3, -0.25) is 4.18 Å². The number of rotatable bonds is 11. The number of hydrogen-bond donors (Lipinski definition) is 0. The van der Waals surface area contributed by atoms with Crippen LogP contribution in [0.5, 0.6) is 5.75 Å². The van der Waals surface area contributed by atoms with Gasteiger partial charge >= 0.3 is 0 Å². The fraction of sp³-hybridized carbons (Fsp3) is 0.344.